The zero-order valence-corrected chi connectivity index (χ0v) is 15.9. The van der Waals surface area contributed by atoms with Crippen LogP contribution in [-0.4, -0.2) is 81.7 Å². The van der Waals surface area contributed by atoms with Gasteiger partial charge in [-0.2, -0.15) is 0 Å². The minimum atomic E-state index is 0.0150. The van der Waals surface area contributed by atoms with Gasteiger partial charge in [-0.3, -0.25) is 14.7 Å². The number of rotatable bonds is 8. The fraction of sp³-hybridized carbons (Fsp3) is 0.579. The summed E-state index contributed by atoms with van der Waals surface area (Å²) in [7, 11) is 3.51. The van der Waals surface area contributed by atoms with Gasteiger partial charge in [0.25, 0.3) is 5.91 Å². The van der Waals surface area contributed by atoms with Crippen molar-refractivity contribution in [2.75, 3.05) is 60.0 Å². The molecule has 1 saturated heterocycles. The normalized spacial score (nSPS) is 15.7. The van der Waals surface area contributed by atoms with E-state index in [1.54, 1.807) is 19.0 Å². The summed E-state index contributed by atoms with van der Waals surface area (Å²) in [6.07, 6.45) is 1.79. The molecule has 0 atom stereocenters. The molecule has 0 spiro atoms. The summed E-state index contributed by atoms with van der Waals surface area (Å²) in [6.45, 7) is 6.12. The molecular weight excluding hydrogens is 330 g/mol. The van der Waals surface area contributed by atoms with E-state index in [1.165, 1.54) is 0 Å². The smallest absolute Gasteiger partial charge is 0.253 e. The van der Waals surface area contributed by atoms with Crippen LogP contribution in [0.25, 0.3) is 0 Å². The van der Waals surface area contributed by atoms with Crippen molar-refractivity contribution in [1.29, 1.82) is 0 Å². The summed E-state index contributed by atoms with van der Waals surface area (Å²) in [5, 5.41) is 3.14. The minimum absolute atomic E-state index is 0.0150. The number of nitrogens with one attached hydrogen (secondary N) is 1. The number of aliphatic imine (C=N–C) groups is 1. The second-order valence-electron chi connectivity index (χ2n) is 6.65. The zero-order chi connectivity index (χ0) is 18.8. The highest BCUT2D eigenvalue weighted by Crippen LogP contribution is 2.07. The van der Waals surface area contributed by atoms with Crippen LogP contribution in [0.1, 0.15) is 22.3 Å². The monoisotopic (exact) mass is 361 g/mol. The van der Waals surface area contributed by atoms with Crippen LogP contribution in [0, 0.1) is 0 Å². The van der Waals surface area contributed by atoms with Crippen LogP contribution < -0.4 is 11.1 Å². The lowest BCUT2D eigenvalue weighted by Crippen LogP contribution is -2.37. The first kappa shape index (κ1) is 20.2. The Hall–Kier alpha value is -2.12. The van der Waals surface area contributed by atoms with Gasteiger partial charge >= 0.3 is 0 Å². The number of nitrogens with two attached hydrogens (primary N) is 1. The third-order valence-electron chi connectivity index (χ3n) is 4.32. The molecule has 26 heavy (non-hydrogen) atoms. The Kier molecular flexibility index (Phi) is 8.37. The van der Waals surface area contributed by atoms with E-state index in [0.717, 1.165) is 57.8 Å². The molecule has 2 rings (SSSR count). The van der Waals surface area contributed by atoms with E-state index >= 15 is 0 Å². The summed E-state index contributed by atoms with van der Waals surface area (Å²) in [5.74, 6) is 0.494. The molecule has 0 aromatic heterocycles. The molecule has 1 aliphatic rings. The second kappa shape index (κ2) is 10.8. The lowest BCUT2D eigenvalue weighted by Gasteiger charge is -2.26. The van der Waals surface area contributed by atoms with Crippen LogP contribution in [0.4, 0.5) is 0 Å². The van der Waals surface area contributed by atoms with Gasteiger partial charge < -0.3 is 20.7 Å². The van der Waals surface area contributed by atoms with Gasteiger partial charge in [-0.25, -0.2) is 0 Å². The largest absolute Gasteiger partial charge is 0.379 e. The van der Waals surface area contributed by atoms with E-state index in [1.807, 2.05) is 24.3 Å². The first-order valence-corrected chi connectivity index (χ1v) is 9.21. The standard InChI is InChI=1S/C19H31N5O2/c1-23(2)18(25)17-6-3-5-16(15-17)7-9-22-19(20)21-8-4-10-24-11-13-26-14-12-24/h3,5-6,15H,4,7-14H2,1-2H3,(H3,20,21,22). The van der Waals surface area contributed by atoms with Crippen molar-refractivity contribution < 1.29 is 9.53 Å². The Morgan fingerprint density at radius 3 is 2.85 bits per heavy atom. The summed E-state index contributed by atoms with van der Waals surface area (Å²) in [5.41, 5.74) is 7.73. The minimum Gasteiger partial charge on any atom is -0.379 e. The van der Waals surface area contributed by atoms with Crippen LogP contribution in [-0.2, 0) is 11.2 Å². The molecule has 7 heteroatoms. The number of nitrogens with zero attached hydrogens (tertiary/aromatic N) is 3. The predicted molar refractivity (Wildman–Crippen MR) is 105 cm³/mol. The van der Waals surface area contributed by atoms with Gasteiger partial charge in [0.05, 0.1) is 13.2 Å². The summed E-state index contributed by atoms with van der Waals surface area (Å²) >= 11 is 0. The van der Waals surface area contributed by atoms with Crippen molar-refractivity contribution >= 4 is 11.9 Å². The molecule has 0 unspecified atom stereocenters. The van der Waals surface area contributed by atoms with Crippen LogP contribution >= 0.6 is 0 Å². The molecule has 1 aliphatic heterocycles. The first-order chi connectivity index (χ1) is 12.6. The summed E-state index contributed by atoms with van der Waals surface area (Å²) in [4.78, 5) is 20.3. The Labute approximate surface area is 156 Å². The van der Waals surface area contributed by atoms with Gasteiger partial charge in [0.2, 0.25) is 0 Å². The van der Waals surface area contributed by atoms with Crippen LogP contribution in [0.3, 0.4) is 0 Å². The highest BCUT2D eigenvalue weighted by molar-refractivity contribution is 5.94. The quantitative estimate of drug-likeness (QED) is 0.402. The number of carbonyl (C=O) groups is 1. The van der Waals surface area contributed by atoms with E-state index in [2.05, 4.69) is 15.2 Å². The molecule has 144 valence electrons. The van der Waals surface area contributed by atoms with Crippen molar-refractivity contribution in [3.05, 3.63) is 35.4 Å². The van der Waals surface area contributed by atoms with Gasteiger partial charge in [0.1, 0.15) is 0 Å². The zero-order valence-electron chi connectivity index (χ0n) is 15.9. The van der Waals surface area contributed by atoms with Crippen molar-refractivity contribution in [3.8, 4) is 0 Å². The van der Waals surface area contributed by atoms with Crippen molar-refractivity contribution in [2.24, 2.45) is 10.7 Å². The van der Waals surface area contributed by atoms with Gasteiger partial charge in [0, 0.05) is 52.4 Å². The SMILES string of the molecule is CN(C)C(=O)c1cccc(CCNC(N)=NCCCN2CCOCC2)c1. The lowest BCUT2D eigenvalue weighted by atomic mass is 10.1. The number of benzene rings is 1. The third-order valence-corrected chi connectivity index (χ3v) is 4.32. The molecule has 1 heterocycles. The van der Waals surface area contributed by atoms with Crippen LogP contribution in [0.2, 0.25) is 0 Å². The third kappa shape index (κ3) is 7.01. The van der Waals surface area contributed by atoms with Crippen molar-refractivity contribution in [3.63, 3.8) is 0 Å². The number of ether oxygens (including phenoxy) is 1. The molecule has 0 aliphatic carbocycles. The van der Waals surface area contributed by atoms with Crippen LogP contribution in [0.5, 0.6) is 0 Å². The molecule has 1 amide bonds. The highest BCUT2D eigenvalue weighted by Gasteiger charge is 2.09. The van der Waals surface area contributed by atoms with Crippen LogP contribution in [0.15, 0.2) is 29.3 Å². The van der Waals surface area contributed by atoms with Gasteiger partial charge in [0.15, 0.2) is 5.96 Å². The van der Waals surface area contributed by atoms with Gasteiger partial charge in [-0.15, -0.1) is 0 Å². The molecule has 7 nitrogen and oxygen atoms in total. The maximum atomic E-state index is 12.0. The molecule has 0 bridgehead atoms. The highest BCUT2D eigenvalue weighted by atomic mass is 16.5. The number of amides is 1. The topological polar surface area (TPSA) is 83.2 Å². The molecule has 1 fully saturated rings. The molecule has 1 aromatic carbocycles. The Morgan fingerprint density at radius 1 is 1.35 bits per heavy atom. The van der Waals surface area contributed by atoms with E-state index in [0.29, 0.717) is 18.1 Å². The Bertz CT molecular complexity index is 597. The molecular formula is C19H31N5O2. The first-order valence-electron chi connectivity index (χ1n) is 9.21. The van der Waals surface area contributed by atoms with E-state index in [4.69, 9.17) is 10.5 Å². The lowest BCUT2D eigenvalue weighted by molar-refractivity contribution is 0.0377. The van der Waals surface area contributed by atoms with Crippen molar-refractivity contribution in [1.82, 2.24) is 15.1 Å². The predicted octanol–water partition coefficient (Wildman–Crippen LogP) is 0.558. The van der Waals surface area contributed by atoms with E-state index in [9.17, 15) is 4.79 Å². The molecule has 0 saturated carbocycles. The molecule has 3 N–H and O–H groups in total. The number of carbonyl (C=O) groups excluding carboxylic acids is 1. The number of hydrogen-bond donors (Lipinski definition) is 2. The number of morpholine rings is 1. The Balaban J connectivity index is 1.66. The number of hydrogen-bond acceptors (Lipinski definition) is 4. The van der Waals surface area contributed by atoms with Gasteiger partial charge in [-0.05, 0) is 30.5 Å². The van der Waals surface area contributed by atoms with E-state index in [-0.39, 0.29) is 5.91 Å². The average Bonchev–Trinajstić information content (AvgIpc) is 2.65. The summed E-state index contributed by atoms with van der Waals surface area (Å²) in [6, 6.07) is 7.70. The van der Waals surface area contributed by atoms with Crippen molar-refractivity contribution in [2.45, 2.75) is 12.8 Å². The number of guanidine groups is 1. The maximum absolute atomic E-state index is 12.0. The fourth-order valence-corrected chi connectivity index (χ4v) is 2.83. The molecule has 0 radical (unpaired) electrons. The Morgan fingerprint density at radius 2 is 2.12 bits per heavy atom. The van der Waals surface area contributed by atoms with Gasteiger partial charge in [-0.1, -0.05) is 12.1 Å². The fourth-order valence-electron chi connectivity index (χ4n) is 2.83. The average molecular weight is 361 g/mol. The summed E-state index contributed by atoms with van der Waals surface area (Å²) < 4.78 is 5.34. The molecule has 1 aromatic rings. The van der Waals surface area contributed by atoms with E-state index < -0.39 is 0 Å². The maximum Gasteiger partial charge on any atom is 0.253 e. The second-order valence-corrected chi connectivity index (χ2v) is 6.65.